The Labute approximate surface area is 136 Å². The zero-order valence-electron chi connectivity index (χ0n) is 13.4. The molecule has 1 aliphatic carbocycles. The van der Waals surface area contributed by atoms with Crippen molar-refractivity contribution in [1.29, 1.82) is 0 Å². The van der Waals surface area contributed by atoms with Crippen molar-refractivity contribution in [3.8, 4) is 5.75 Å². The molecule has 0 heterocycles. The Hall–Kier alpha value is -1.91. The molecule has 0 spiro atoms. The van der Waals surface area contributed by atoms with Crippen LogP contribution < -0.4 is 10.1 Å². The third kappa shape index (κ3) is 3.09. The molecule has 0 fully saturated rings. The van der Waals surface area contributed by atoms with Crippen molar-refractivity contribution in [2.75, 3.05) is 13.6 Å². The van der Waals surface area contributed by atoms with Gasteiger partial charge in [-0.25, -0.2) is 4.39 Å². The summed E-state index contributed by atoms with van der Waals surface area (Å²) < 4.78 is 20.2. The first kappa shape index (κ1) is 16.0. The summed E-state index contributed by atoms with van der Waals surface area (Å²) in [6.45, 7) is 2.36. The highest BCUT2D eigenvalue weighted by molar-refractivity contribution is 5.39. The number of aliphatic hydroxyl groups excluding tert-OH is 1. The van der Waals surface area contributed by atoms with Crippen LogP contribution in [0.4, 0.5) is 4.39 Å². The fourth-order valence-electron chi connectivity index (χ4n) is 3.41. The lowest BCUT2D eigenvalue weighted by Crippen LogP contribution is -2.39. The fraction of sp³-hybridized carbons (Fsp3) is 0.368. The number of likely N-dealkylation sites (N-methyl/N-ethyl adjacent to an activating group) is 1. The number of nitrogens with one attached hydrogen (secondary N) is 1. The van der Waals surface area contributed by atoms with Gasteiger partial charge in [-0.1, -0.05) is 36.4 Å². The van der Waals surface area contributed by atoms with Crippen LogP contribution in [0, 0.1) is 12.7 Å². The smallest absolute Gasteiger partial charge is 0.165 e. The van der Waals surface area contributed by atoms with Crippen LogP contribution in [0.3, 0.4) is 0 Å². The van der Waals surface area contributed by atoms with E-state index < -0.39 is 6.10 Å². The third-order valence-electron chi connectivity index (χ3n) is 4.50. The predicted octanol–water partition coefficient (Wildman–Crippen LogP) is 2.80. The minimum Gasteiger partial charge on any atom is -0.485 e. The molecule has 0 aliphatic heterocycles. The Morgan fingerprint density at radius 1 is 1.26 bits per heavy atom. The van der Waals surface area contributed by atoms with Gasteiger partial charge in [0, 0.05) is 12.5 Å². The number of aryl methyl sites for hydroxylation is 1. The van der Waals surface area contributed by atoms with Crippen molar-refractivity contribution in [3.05, 3.63) is 65.0 Å². The summed E-state index contributed by atoms with van der Waals surface area (Å²) in [7, 11) is 1.83. The van der Waals surface area contributed by atoms with Crippen LogP contribution in [-0.2, 0) is 6.42 Å². The standard InChI is InChI=1S/C19H22FNO2/c1-12-6-5-9-15(20)19(12)23-17(11-21-2)18-14-8-4-3-7-13(14)10-16(18)22/h3-9,16-18,21-22H,10-11H2,1-2H3. The number of ether oxygens (including phenoxy) is 1. The summed E-state index contributed by atoms with van der Waals surface area (Å²) in [5.41, 5.74) is 2.99. The van der Waals surface area contributed by atoms with Gasteiger partial charge in [0.1, 0.15) is 6.10 Å². The normalized spacial score (nSPS) is 21.0. The minimum absolute atomic E-state index is 0.169. The molecular weight excluding hydrogens is 293 g/mol. The van der Waals surface area contributed by atoms with Crippen LogP contribution in [0.25, 0.3) is 0 Å². The number of rotatable bonds is 5. The molecule has 3 rings (SSSR count). The van der Waals surface area contributed by atoms with Gasteiger partial charge in [0.05, 0.1) is 6.10 Å². The van der Waals surface area contributed by atoms with Crippen LogP contribution in [0.1, 0.15) is 22.6 Å². The van der Waals surface area contributed by atoms with Crippen molar-refractivity contribution in [1.82, 2.24) is 5.32 Å². The lowest BCUT2D eigenvalue weighted by molar-refractivity contribution is 0.0750. The molecule has 2 aromatic rings. The molecule has 0 radical (unpaired) electrons. The summed E-state index contributed by atoms with van der Waals surface area (Å²) in [5.74, 6) is -0.270. The molecule has 3 atom stereocenters. The van der Waals surface area contributed by atoms with Gasteiger partial charge in [0.2, 0.25) is 0 Å². The SMILES string of the molecule is CNCC(Oc1c(C)cccc1F)C1c2ccccc2CC1O. The number of hydrogen-bond acceptors (Lipinski definition) is 3. The third-order valence-corrected chi connectivity index (χ3v) is 4.50. The highest BCUT2D eigenvalue weighted by atomic mass is 19.1. The first-order valence-corrected chi connectivity index (χ1v) is 7.94. The number of aliphatic hydroxyl groups is 1. The number of para-hydroxylation sites is 1. The maximum atomic E-state index is 14.1. The van der Waals surface area contributed by atoms with Crippen LogP contribution in [-0.4, -0.2) is 30.9 Å². The first-order valence-electron chi connectivity index (χ1n) is 7.94. The van der Waals surface area contributed by atoms with E-state index >= 15 is 0 Å². The second kappa shape index (κ2) is 6.69. The number of halogens is 1. The Morgan fingerprint density at radius 3 is 2.78 bits per heavy atom. The summed E-state index contributed by atoms with van der Waals surface area (Å²) >= 11 is 0. The largest absolute Gasteiger partial charge is 0.485 e. The Bertz CT molecular complexity index is 669. The molecule has 3 nitrogen and oxygen atoms in total. The second-order valence-electron chi connectivity index (χ2n) is 6.10. The quantitative estimate of drug-likeness (QED) is 0.891. The Kier molecular flexibility index (Phi) is 4.64. The van der Waals surface area contributed by atoms with Crippen molar-refractivity contribution >= 4 is 0 Å². The average molecular weight is 315 g/mol. The predicted molar refractivity (Wildman–Crippen MR) is 88.4 cm³/mol. The van der Waals surface area contributed by atoms with Gasteiger partial charge >= 0.3 is 0 Å². The van der Waals surface area contributed by atoms with Gasteiger partial charge in [0.15, 0.2) is 11.6 Å². The molecule has 4 heteroatoms. The van der Waals surface area contributed by atoms with Crippen molar-refractivity contribution in [2.45, 2.75) is 31.5 Å². The van der Waals surface area contributed by atoms with E-state index in [1.54, 1.807) is 6.07 Å². The van der Waals surface area contributed by atoms with E-state index in [9.17, 15) is 9.50 Å². The van der Waals surface area contributed by atoms with E-state index in [0.29, 0.717) is 13.0 Å². The van der Waals surface area contributed by atoms with Crippen molar-refractivity contribution in [3.63, 3.8) is 0 Å². The first-order chi connectivity index (χ1) is 11.1. The summed E-state index contributed by atoms with van der Waals surface area (Å²) in [6, 6.07) is 12.9. The zero-order chi connectivity index (χ0) is 16.4. The van der Waals surface area contributed by atoms with Gasteiger partial charge in [-0.3, -0.25) is 0 Å². The lowest BCUT2D eigenvalue weighted by atomic mass is 9.93. The van der Waals surface area contributed by atoms with Crippen molar-refractivity contribution < 1.29 is 14.2 Å². The van der Waals surface area contributed by atoms with Gasteiger partial charge in [-0.2, -0.15) is 0 Å². The van der Waals surface area contributed by atoms with Crippen LogP contribution in [0.2, 0.25) is 0 Å². The molecule has 2 aromatic carbocycles. The van der Waals surface area contributed by atoms with E-state index in [1.807, 2.05) is 44.3 Å². The van der Waals surface area contributed by atoms with E-state index in [1.165, 1.54) is 6.07 Å². The maximum absolute atomic E-state index is 14.1. The van der Waals surface area contributed by atoms with Gasteiger partial charge in [-0.05, 0) is 43.1 Å². The van der Waals surface area contributed by atoms with Crippen LogP contribution in [0.5, 0.6) is 5.75 Å². The highest BCUT2D eigenvalue weighted by Gasteiger charge is 2.38. The highest BCUT2D eigenvalue weighted by Crippen LogP contribution is 2.38. The fourth-order valence-corrected chi connectivity index (χ4v) is 3.41. The molecule has 0 bridgehead atoms. The molecular formula is C19H22FNO2. The van der Waals surface area contributed by atoms with E-state index in [-0.39, 0.29) is 23.6 Å². The van der Waals surface area contributed by atoms with Crippen LogP contribution >= 0.6 is 0 Å². The van der Waals surface area contributed by atoms with E-state index in [2.05, 4.69) is 5.32 Å². The average Bonchev–Trinajstić information content (AvgIpc) is 2.86. The van der Waals surface area contributed by atoms with Gasteiger partial charge in [-0.15, -0.1) is 0 Å². The van der Waals surface area contributed by atoms with E-state index in [4.69, 9.17) is 4.74 Å². The number of fused-ring (bicyclic) bond motifs is 1. The Morgan fingerprint density at radius 2 is 2.04 bits per heavy atom. The number of benzene rings is 2. The minimum atomic E-state index is -0.516. The summed E-state index contributed by atoms with van der Waals surface area (Å²) in [5, 5.41) is 13.6. The zero-order valence-corrected chi connectivity index (χ0v) is 13.4. The monoisotopic (exact) mass is 315 g/mol. The van der Waals surface area contributed by atoms with E-state index in [0.717, 1.165) is 16.7 Å². The molecule has 0 saturated heterocycles. The summed E-state index contributed by atoms with van der Waals surface area (Å²) in [4.78, 5) is 0. The molecule has 3 unspecified atom stereocenters. The molecule has 2 N–H and O–H groups in total. The van der Waals surface area contributed by atoms with Crippen LogP contribution in [0.15, 0.2) is 42.5 Å². The molecule has 0 aromatic heterocycles. The van der Waals surface area contributed by atoms with Gasteiger partial charge < -0.3 is 15.2 Å². The topological polar surface area (TPSA) is 41.5 Å². The maximum Gasteiger partial charge on any atom is 0.165 e. The molecule has 1 aliphatic rings. The Balaban J connectivity index is 1.93. The molecule has 122 valence electrons. The molecule has 0 saturated carbocycles. The second-order valence-corrected chi connectivity index (χ2v) is 6.10. The number of hydrogen-bond donors (Lipinski definition) is 2. The lowest BCUT2D eigenvalue weighted by Gasteiger charge is -2.28. The summed E-state index contributed by atoms with van der Waals surface area (Å²) in [6.07, 6.45) is -0.243. The van der Waals surface area contributed by atoms with Gasteiger partial charge in [0.25, 0.3) is 0 Å². The molecule has 0 amide bonds. The van der Waals surface area contributed by atoms with Crippen molar-refractivity contribution in [2.24, 2.45) is 0 Å². The molecule has 23 heavy (non-hydrogen) atoms.